The fourth-order valence-electron chi connectivity index (χ4n) is 3.58. The molecule has 1 spiro atoms. The minimum absolute atomic E-state index is 0.340. The number of esters is 1. The molecule has 2 heterocycles. The first-order chi connectivity index (χ1) is 9.72. The summed E-state index contributed by atoms with van der Waals surface area (Å²) in [4.78, 5) is 18.2. The summed E-state index contributed by atoms with van der Waals surface area (Å²) in [5, 5.41) is 2.77. The predicted molar refractivity (Wildman–Crippen MR) is 80.4 cm³/mol. The molecule has 0 bridgehead atoms. The van der Waals surface area contributed by atoms with Gasteiger partial charge in [-0.2, -0.15) is 0 Å². The maximum Gasteiger partial charge on any atom is 0.357 e. The fraction of sp³-hybridized carbons (Fsp3) is 0.733. The number of hydrogen-bond acceptors (Lipinski definition) is 5. The molecular weight excluding hydrogens is 272 g/mol. The maximum absolute atomic E-state index is 11.5. The molecule has 0 atom stereocenters. The summed E-state index contributed by atoms with van der Waals surface area (Å²) < 4.78 is 4.71. The summed E-state index contributed by atoms with van der Waals surface area (Å²) in [6.45, 7) is 2.16. The number of aromatic nitrogens is 1. The second kappa shape index (κ2) is 5.72. The van der Waals surface area contributed by atoms with E-state index in [9.17, 15) is 4.79 Å². The summed E-state index contributed by atoms with van der Waals surface area (Å²) >= 11 is 1.55. The van der Waals surface area contributed by atoms with Crippen molar-refractivity contribution in [1.82, 2.24) is 4.98 Å². The Morgan fingerprint density at radius 1 is 1.25 bits per heavy atom. The molecule has 1 aromatic heterocycles. The second-order valence-corrected chi connectivity index (χ2v) is 6.89. The van der Waals surface area contributed by atoms with Crippen molar-refractivity contribution in [2.45, 2.75) is 44.9 Å². The van der Waals surface area contributed by atoms with Crippen molar-refractivity contribution in [3.8, 4) is 0 Å². The van der Waals surface area contributed by atoms with Gasteiger partial charge in [-0.25, -0.2) is 9.78 Å². The first-order valence-corrected chi connectivity index (χ1v) is 8.39. The maximum atomic E-state index is 11.5. The minimum Gasteiger partial charge on any atom is -0.464 e. The van der Waals surface area contributed by atoms with Crippen LogP contribution in [0.5, 0.6) is 0 Å². The van der Waals surface area contributed by atoms with Gasteiger partial charge < -0.3 is 9.64 Å². The number of ether oxygens (including phenoxy) is 1. The summed E-state index contributed by atoms with van der Waals surface area (Å²) in [5.74, 6) is -0.340. The SMILES string of the molecule is COC(=O)c1csc(N2CCC3(CCCCC3)CC2)n1. The Kier molecular flexibility index (Phi) is 3.96. The Morgan fingerprint density at radius 3 is 2.60 bits per heavy atom. The number of rotatable bonds is 2. The smallest absolute Gasteiger partial charge is 0.357 e. The van der Waals surface area contributed by atoms with Crippen LogP contribution in [0.4, 0.5) is 5.13 Å². The van der Waals surface area contributed by atoms with Crippen molar-refractivity contribution in [3.63, 3.8) is 0 Å². The molecule has 0 aromatic carbocycles. The first kappa shape index (κ1) is 13.9. The second-order valence-electron chi connectivity index (χ2n) is 6.05. The molecule has 1 aliphatic carbocycles. The van der Waals surface area contributed by atoms with Crippen LogP contribution < -0.4 is 4.90 Å². The van der Waals surface area contributed by atoms with Crippen molar-refractivity contribution >= 4 is 22.4 Å². The monoisotopic (exact) mass is 294 g/mol. The van der Waals surface area contributed by atoms with Gasteiger partial charge in [0.15, 0.2) is 10.8 Å². The molecule has 3 rings (SSSR count). The van der Waals surface area contributed by atoms with Gasteiger partial charge in [-0.1, -0.05) is 19.3 Å². The van der Waals surface area contributed by atoms with Gasteiger partial charge in [0.2, 0.25) is 0 Å². The molecule has 1 saturated heterocycles. The van der Waals surface area contributed by atoms with Crippen LogP contribution in [0.2, 0.25) is 0 Å². The van der Waals surface area contributed by atoms with Crippen LogP contribution in [0.15, 0.2) is 5.38 Å². The van der Waals surface area contributed by atoms with Crippen LogP contribution >= 0.6 is 11.3 Å². The van der Waals surface area contributed by atoms with Gasteiger partial charge in [-0.3, -0.25) is 0 Å². The van der Waals surface area contributed by atoms with Crippen LogP contribution in [-0.2, 0) is 4.74 Å². The molecule has 1 aliphatic heterocycles. The lowest BCUT2D eigenvalue weighted by atomic mass is 9.68. The molecule has 5 heteroatoms. The van der Waals surface area contributed by atoms with Crippen molar-refractivity contribution in [1.29, 1.82) is 0 Å². The quantitative estimate of drug-likeness (QED) is 0.783. The highest BCUT2D eigenvalue weighted by atomic mass is 32.1. The van der Waals surface area contributed by atoms with E-state index in [0.29, 0.717) is 11.1 Å². The Hall–Kier alpha value is -1.10. The van der Waals surface area contributed by atoms with E-state index < -0.39 is 0 Å². The van der Waals surface area contributed by atoms with Gasteiger partial charge in [0.1, 0.15) is 0 Å². The zero-order valence-electron chi connectivity index (χ0n) is 12.1. The molecule has 0 amide bonds. The number of piperidine rings is 1. The van der Waals surface area contributed by atoms with E-state index in [0.717, 1.165) is 18.2 Å². The van der Waals surface area contributed by atoms with E-state index in [4.69, 9.17) is 4.74 Å². The number of thiazole rings is 1. The van der Waals surface area contributed by atoms with Gasteiger partial charge in [0.05, 0.1) is 7.11 Å². The van der Waals surface area contributed by atoms with E-state index in [1.807, 2.05) is 0 Å². The van der Waals surface area contributed by atoms with Crippen LogP contribution in [0.3, 0.4) is 0 Å². The molecule has 1 aromatic rings. The van der Waals surface area contributed by atoms with Gasteiger partial charge in [-0.15, -0.1) is 11.3 Å². The van der Waals surface area contributed by atoms with Crippen molar-refractivity contribution in [2.75, 3.05) is 25.1 Å². The summed E-state index contributed by atoms with van der Waals surface area (Å²) in [5.41, 5.74) is 1.04. The lowest BCUT2D eigenvalue weighted by Gasteiger charge is -2.44. The number of methoxy groups -OCH3 is 1. The Bertz CT molecular complexity index is 470. The number of carbonyl (C=O) groups excluding carboxylic acids is 1. The van der Waals surface area contributed by atoms with Gasteiger partial charge in [-0.05, 0) is 31.1 Å². The van der Waals surface area contributed by atoms with Crippen LogP contribution in [0.25, 0.3) is 0 Å². The minimum atomic E-state index is -0.340. The average Bonchev–Trinajstić information content (AvgIpc) is 2.98. The van der Waals surface area contributed by atoms with E-state index in [-0.39, 0.29) is 5.97 Å². The van der Waals surface area contributed by atoms with Gasteiger partial charge >= 0.3 is 5.97 Å². The van der Waals surface area contributed by atoms with E-state index >= 15 is 0 Å². The van der Waals surface area contributed by atoms with Crippen LogP contribution in [0, 0.1) is 5.41 Å². The highest BCUT2D eigenvalue weighted by molar-refractivity contribution is 7.13. The summed E-state index contributed by atoms with van der Waals surface area (Å²) in [6, 6.07) is 0. The Morgan fingerprint density at radius 2 is 1.95 bits per heavy atom. The van der Waals surface area contributed by atoms with E-state index in [2.05, 4.69) is 9.88 Å². The number of anilines is 1. The average molecular weight is 294 g/mol. The van der Waals surface area contributed by atoms with Crippen LogP contribution in [-0.4, -0.2) is 31.2 Å². The summed E-state index contributed by atoms with van der Waals surface area (Å²) in [6.07, 6.45) is 9.60. The highest BCUT2D eigenvalue weighted by Gasteiger charge is 2.36. The standard InChI is InChI=1S/C15H22N2O2S/c1-19-13(18)12-11-20-14(16-12)17-9-7-15(8-10-17)5-3-2-4-6-15/h11H,2-10H2,1H3. The van der Waals surface area contributed by atoms with Gasteiger partial charge in [0, 0.05) is 18.5 Å². The molecule has 20 heavy (non-hydrogen) atoms. The molecule has 0 unspecified atom stereocenters. The van der Waals surface area contributed by atoms with Gasteiger partial charge in [0.25, 0.3) is 0 Å². The van der Waals surface area contributed by atoms with E-state index in [1.54, 1.807) is 16.7 Å². The predicted octanol–water partition coefficient (Wildman–Crippen LogP) is 3.48. The highest BCUT2D eigenvalue weighted by Crippen LogP contribution is 2.45. The van der Waals surface area contributed by atoms with Crippen LogP contribution in [0.1, 0.15) is 55.4 Å². The molecule has 2 fully saturated rings. The molecule has 0 radical (unpaired) electrons. The van der Waals surface area contributed by atoms with Crippen molar-refractivity contribution < 1.29 is 9.53 Å². The topological polar surface area (TPSA) is 42.4 Å². The molecule has 4 nitrogen and oxygen atoms in total. The number of nitrogens with zero attached hydrogens (tertiary/aromatic N) is 2. The first-order valence-electron chi connectivity index (χ1n) is 7.51. The molecule has 110 valence electrons. The Labute approximate surface area is 124 Å². The third-order valence-corrected chi connectivity index (χ3v) is 5.80. The number of carbonyl (C=O) groups is 1. The van der Waals surface area contributed by atoms with E-state index in [1.165, 1.54) is 52.1 Å². The normalized spacial score (nSPS) is 21.9. The molecule has 2 aliphatic rings. The molecule has 1 saturated carbocycles. The third kappa shape index (κ3) is 2.68. The van der Waals surface area contributed by atoms with Crippen molar-refractivity contribution in [2.24, 2.45) is 5.41 Å². The fourth-order valence-corrected chi connectivity index (χ4v) is 4.43. The lowest BCUT2D eigenvalue weighted by molar-refractivity contribution is 0.0595. The molecule has 0 N–H and O–H groups in total. The van der Waals surface area contributed by atoms with Crippen molar-refractivity contribution in [3.05, 3.63) is 11.1 Å². The molecular formula is C15H22N2O2S. The zero-order chi connectivity index (χ0) is 14.0. The Balaban J connectivity index is 1.63. The zero-order valence-corrected chi connectivity index (χ0v) is 12.9. The number of hydrogen-bond donors (Lipinski definition) is 0. The summed E-state index contributed by atoms with van der Waals surface area (Å²) in [7, 11) is 1.40. The largest absolute Gasteiger partial charge is 0.464 e. The lowest BCUT2D eigenvalue weighted by Crippen LogP contribution is -2.41. The third-order valence-electron chi connectivity index (χ3n) is 4.90.